The van der Waals surface area contributed by atoms with Gasteiger partial charge in [0.1, 0.15) is 5.78 Å². The predicted molar refractivity (Wildman–Crippen MR) is 52.1 cm³/mol. The predicted octanol–water partition coefficient (Wildman–Crippen LogP) is 2.74. The minimum Gasteiger partial charge on any atom is -0.298 e. The van der Waals surface area contributed by atoms with E-state index in [4.69, 9.17) is 0 Å². The highest BCUT2D eigenvalue weighted by atomic mass is 32.2. The minimum absolute atomic E-state index is 0.190. The van der Waals surface area contributed by atoms with Crippen LogP contribution in [0.25, 0.3) is 0 Å². The number of hydrogen-bond donors (Lipinski definition) is 0. The molecule has 0 aliphatic heterocycles. The first-order valence-corrected chi connectivity index (χ1v) is 5.21. The molecule has 1 nitrogen and oxygen atoms in total. The minimum atomic E-state index is -0.190. The fraction of sp³-hybridized carbons (Fsp3) is 0.889. The first-order valence-electron chi connectivity index (χ1n) is 3.98. The maximum atomic E-state index is 11.5. The number of rotatable bonds is 4. The third-order valence-electron chi connectivity index (χ3n) is 1.78. The van der Waals surface area contributed by atoms with Crippen LogP contribution in [0.2, 0.25) is 0 Å². The highest BCUT2D eigenvalue weighted by Gasteiger charge is 2.25. The molecular formula is C9H18OS. The second-order valence-corrected chi connectivity index (χ2v) is 5.16. The SMILES string of the molecule is CSC(C)(C)C(=O)CC(C)C. The summed E-state index contributed by atoms with van der Waals surface area (Å²) in [6.45, 7) is 8.13. The van der Waals surface area contributed by atoms with Gasteiger partial charge in [0, 0.05) is 6.42 Å². The Morgan fingerprint density at radius 1 is 1.45 bits per heavy atom. The van der Waals surface area contributed by atoms with Crippen LogP contribution in [-0.2, 0) is 4.79 Å². The van der Waals surface area contributed by atoms with Crippen molar-refractivity contribution in [1.82, 2.24) is 0 Å². The number of hydrogen-bond acceptors (Lipinski definition) is 2. The van der Waals surface area contributed by atoms with Crippen LogP contribution in [-0.4, -0.2) is 16.8 Å². The van der Waals surface area contributed by atoms with E-state index in [1.54, 1.807) is 11.8 Å². The summed E-state index contributed by atoms with van der Waals surface area (Å²) in [4.78, 5) is 11.5. The first kappa shape index (κ1) is 11.0. The summed E-state index contributed by atoms with van der Waals surface area (Å²) in [5, 5.41) is 0. The number of carbonyl (C=O) groups excluding carboxylic acids is 1. The van der Waals surface area contributed by atoms with Crippen LogP contribution >= 0.6 is 11.8 Å². The van der Waals surface area contributed by atoms with E-state index in [2.05, 4.69) is 13.8 Å². The van der Waals surface area contributed by atoms with E-state index in [0.717, 1.165) is 0 Å². The lowest BCUT2D eigenvalue weighted by atomic mass is 9.98. The van der Waals surface area contributed by atoms with Gasteiger partial charge in [0.05, 0.1) is 4.75 Å². The Morgan fingerprint density at radius 2 is 1.91 bits per heavy atom. The second-order valence-electron chi connectivity index (χ2n) is 3.74. The monoisotopic (exact) mass is 174 g/mol. The lowest BCUT2D eigenvalue weighted by Crippen LogP contribution is -2.28. The molecule has 0 aromatic rings. The topological polar surface area (TPSA) is 17.1 Å². The maximum Gasteiger partial charge on any atom is 0.148 e. The van der Waals surface area contributed by atoms with E-state index in [1.807, 2.05) is 20.1 Å². The first-order chi connectivity index (χ1) is 4.90. The van der Waals surface area contributed by atoms with Crippen molar-refractivity contribution < 1.29 is 4.79 Å². The summed E-state index contributed by atoms with van der Waals surface area (Å²) in [6.07, 6.45) is 2.69. The third-order valence-corrected chi connectivity index (χ3v) is 3.02. The van der Waals surface area contributed by atoms with Gasteiger partial charge >= 0.3 is 0 Å². The zero-order valence-electron chi connectivity index (χ0n) is 8.10. The molecule has 0 aromatic heterocycles. The third kappa shape index (κ3) is 3.80. The molecule has 0 amide bonds. The Bertz CT molecular complexity index is 138. The van der Waals surface area contributed by atoms with Crippen molar-refractivity contribution in [1.29, 1.82) is 0 Å². The van der Waals surface area contributed by atoms with Gasteiger partial charge in [0.2, 0.25) is 0 Å². The Morgan fingerprint density at radius 3 is 2.18 bits per heavy atom. The molecule has 0 aromatic carbocycles. The number of carbonyl (C=O) groups is 1. The Hall–Kier alpha value is 0.0200. The zero-order valence-corrected chi connectivity index (χ0v) is 8.92. The molecule has 0 aliphatic rings. The molecule has 0 saturated carbocycles. The van der Waals surface area contributed by atoms with Gasteiger partial charge in [-0.2, -0.15) is 11.8 Å². The van der Waals surface area contributed by atoms with Crippen LogP contribution in [0.5, 0.6) is 0 Å². The van der Waals surface area contributed by atoms with Crippen LogP contribution < -0.4 is 0 Å². The number of thioether (sulfide) groups is 1. The van der Waals surface area contributed by atoms with E-state index in [0.29, 0.717) is 18.1 Å². The lowest BCUT2D eigenvalue weighted by molar-refractivity contribution is -0.121. The quantitative estimate of drug-likeness (QED) is 0.652. The van der Waals surface area contributed by atoms with Gasteiger partial charge in [0.25, 0.3) is 0 Å². The molecule has 0 N–H and O–H groups in total. The average molecular weight is 174 g/mol. The molecule has 0 rings (SSSR count). The van der Waals surface area contributed by atoms with Crippen LogP contribution in [0.1, 0.15) is 34.1 Å². The van der Waals surface area contributed by atoms with Crippen molar-refractivity contribution in [2.75, 3.05) is 6.26 Å². The molecule has 0 saturated heterocycles. The van der Waals surface area contributed by atoms with Crippen molar-refractivity contribution in [3.63, 3.8) is 0 Å². The molecule has 11 heavy (non-hydrogen) atoms. The lowest BCUT2D eigenvalue weighted by Gasteiger charge is -2.21. The van der Waals surface area contributed by atoms with E-state index in [1.165, 1.54) is 0 Å². The van der Waals surface area contributed by atoms with Crippen LogP contribution in [0.4, 0.5) is 0 Å². The van der Waals surface area contributed by atoms with Crippen molar-refractivity contribution >= 4 is 17.5 Å². The maximum absolute atomic E-state index is 11.5. The van der Waals surface area contributed by atoms with Gasteiger partial charge in [-0.1, -0.05) is 13.8 Å². The van der Waals surface area contributed by atoms with E-state index >= 15 is 0 Å². The van der Waals surface area contributed by atoms with Crippen LogP contribution in [0.3, 0.4) is 0 Å². The van der Waals surface area contributed by atoms with Gasteiger partial charge < -0.3 is 0 Å². The fourth-order valence-electron chi connectivity index (χ4n) is 0.730. The average Bonchev–Trinajstić information content (AvgIpc) is 1.86. The number of ketones is 1. The molecule has 0 heterocycles. The summed E-state index contributed by atoms with van der Waals surface area (Å²) >= 11 is 1.63. The summed E-state index contributed by atoms with van der Waals surface area (Å²) < 4.78 is -0.190. The smallest absolute Gasteiger partial charge is 0.148 e. The summed E-state index contributed by atoms with van der Waals surface area (Å²) in [5.74, 6) is 0.842. The molecule has 66 valence electrons. The summed E-state index contributed by atoms with van der Waals surface area (Å²) in [6, 6.07) is 0. The van der Waals surface area contributed by atoms with Gasteiger partial charge in [0.15, 0.2) is 0 Å². The number of Topliss-reactive ketones (excluding diaryl/α,β-unsaturated/α-hetero) is 1. The Balaban J connectivity index is 4.02. The molecule has 0 atom stereocenters. The molecular weight excluding hydrogens is 156 g/mol. The molecule has 0 bridgehead atoms. The fourth-order valence-corrected chi connectivity index (χ4v) is 1.04. The molecule has 2 heteroatoms. The Labute approximate surface area is 73.9 Å². The normalized spacial score (nSPS) is 12.2. The van der Waals surface area contributed by atoms with Crippen LogP contribution in [0, 0.1) is 5.92 Å². The largest absolute Gasteiger partial charge is 0.298 e. The Kier molecular flexibility index (Phi) is 4.16. The zero-order chi connectivity index (χ0) is 9.07. The van der Waals surface area contributed by atoms with Gasteiger partial charge in [-0.3, -0.25) is 4.79 Å². The highest BCUT2D eigenvalue weighted by molar-refractivity contribution is 8.00. The second kappa shape index (κ2) is 4.15. The van der Waals surface area contributed by atoms with Crippen molar-refractivity contribution in [3.8, 4) is 0 Å². The van der Waals surface area contributed by atoms with Crippen molar-refractivity contribution in [2.45, 2.75) is 38.9 Å². The molecule has 0 aliphatic carbocycles. The van der Waals surface area contributed by atoms with E-state index < -0.39 is 0 Å². The standard InChI is InChI=1S/C9H18OS/c1-7(2)6-8(10)9(3,4)11-5/h7H,6H2,1-5H3. The van der Waals surface area contributed by atoms with Gasteiger partial charge in [-0.25, -0.2) is 0 Å². The van der Waals surface area contributed by atoms with Gasteiger partial charge in [-0.05, 0) is 26.0 Å². The molecule has 0 radical (unpaired) electrons. The van der Waals surface area contributed by atoms with Gasteiger partial charge in [-0.15, -0.1) is 0 Å². The van der Waals surface area contributed by atoms with Crippen molar-refractivity contribution in [3.05, 3.63) is 0 Å². The van der Waals surface area contributed by atoms with Crippen LogP contribution in [0.15, 0.2) is 0 Å². The summed E-state index contributed by atoms with van der Waals surface area (Å²) in [7, 11) is 0. The summed E-state index contributed by atoms with van der Waals surface area (Å²) in [5.41, 5.74) is 0. The molecule has 0 unspecified atom stereocenters. The molecule has 0 spiro atoms. The van der Waals surface area contributed by atoms with E-state index in [9.17, 15) is 4.79 Å². The van der Waals surface area contributed by atoms with Crippen molar-refractivity contribution in [2.24, 2.45) is 5.92 Å². The highest BCUT2D eigenvalue weighted by Crippen LogP contribution is 2.25. The van der Waals surface area contributed by atoms with E-state index in [-0.39, 0.29) is 4.75 Å². The molecule has 0 fully saturated rings.